The lowest BCUT2D eigenvalue weighted by Gasteiger charge is -2.13. The first kappa shape index (κ1) is 20.3. The van der Waals surface area contributed by atoms with E-state index in [1.807, 2.05) is 17.5 Å². The topological polar surface area (TPSA) is 54.9 Å². The van der Waals surface area contributed by atoms with E-state index in [-0.39, 0.29) is 16.8 Å². The van der Waals surface area contributed by atoms with Crippen molar-refractivity contribution >= 4 is 29.0 Å². The van der Waals surface area contributed by atoms with Gasteiger partial charge < -0.3 is 5.32 Å². The van der Waals surface area contributed by atoms with Crippen LogP contribution in [0.1, 0.15) is 17.5 Å². The Balaban J connectivity index is 1.79. The highest BCUT2D eigenvalue weighted by molar-refractivity contribution is 8.00. The number of nitrogens with one attached hydrogen (secondary N) is 1. The average molecular weight is 423 g/mol. The molecule has 1 aromatic carbocycles. The Kier molecular flexibility index (Phi) is 6.35. The van der Waals surface area contributed by atoms with Crippen LogP contribution in [-0.2, 0) is 17.5 Å². The smallest absolute Gasteiger partial charge is 0.350 e. The molecule has 0 saturated heterocycles. The van der Waals surface area contributed by atoms with Crippen molar-refractivity contribution in [2.45, 2.75) is 30.1 Å². The van der Waals surface area contributed by atoms with Crippen molar-refractivity contribution < 1.29 is 18.0 Å². The number of nitrogens with zero attached hydrogens (tertiary/aromatic N) is 2. The number of aromatic nitrogens is 2. The molecule has 28 heavy (non-hydrogen) atoms. The van der Waals surface area contributed by atoms with Crippen LogP contribution in [0.15, 0.2) is 59.1 Å². The second-order valence-electron chi connectivity index (χ2n) is 5.84. The SMILES string of the molecule is C[C@H](Sc1nc(-c2ccccc2)cc(C(F)(F)F)n1)C(=O)NCc1cccs1. The van der Waals surface area contributed by atoms with Crippen LogP contribution in [-0.4, -0.2) is 21.1 Å². The zero-order valence-corrected chi connectivity index (χ0v) is 16.4. The van der Waals surface area contributed by atoms with Gasteiger partial charge in [-0.15, -0.1) is 11.3 Å². The van der Waals surface area contributed by atoms with Gasteiger partial charge in [0.1, 0.15) is 5.69 Å². The molecule has 2 aromatic heterocycles. The van der Waals surface area contributed by atoms with Gasteiger partial charge in [-0.2, -0.15) is 13.2 Å². The summed E-state index contributed by atoms with van der Waals surface area (Å²) in [4.78, 5) is 21.1. The van der Waals surface area contributed by atoms with E-state index in [0.29, 0.717) is 12.1 Å². The lowest BCUT2D eigenvalue weighted by molar-refractivity contribution is -0.141. The zero-order chi connectivity index (χ0) is 20.1. The Bertz CT molecular complexity index is 931. The summed E-state index contributed by atoms with van der Waals surface area (Å²) in [6.45, 7) is 1.99. The molecule has 0 aliphatic carbocycles. The number of amides is 1. The number of carbonyl (C=O) groups excluding carboxylic acids is 1. The molecule has 0 saturated carbocycles. The van der Waals surface area contributed by atoms with Gasteiger partial charge in [0.15, 0.2) is 5.16 Å². The number of rotatable bonds is 6. The molecule has 0 unspecified atom stereocenters. The highest BCUT2D eigenvalue weighted by atomic mass is 32.2. The monoisotopic (exact) mass is 423 g/mol. The number of thioether (sulfide) groups is 1. The molecule has 4 nitrogen and oxygen atoms in total. The third-order valence-electron chi connectivity index (χ3n) is 3.73. The molecule has 1 N–H and O–H groups in total. The molecule has 0 spiro atoms. The van der Waals surface area contributed by atoms with Gasteiger partial charge in [0.05, 0.1) is 17.5 Å². The van der Waals surface area contributed by atoms with E-state index in [2.05, 4.69) is 15.3 Å². The summed E-state index contributed by atoms with van der Waals surface area (Å²) < 4.78 is 39.8. The molecule has 0 aliphatic heterocycles. The minimum atomic E-state index is -4.60. The van der Waals surface area contributed by atoms with Gasteiger partial charge in [-0.3, -0.25) is 4.79 Å². The fourth-order valence-electron chi connectivity index (χ4n) is 2.32. The van der Waals surface area contributed by atoms with Gasteiger partial charge in [0, 0.05) is 10.4 Å². The lowest BCUT2D eigenvalue weighted by atomic mass is 10.1. The standard InChI is InChI=1S/C19H16F3N3OS2/c1-12(17(26)23-11-14-8-5-9-27-14)28-18-24-15(13-6-3-2-4-7-13)10-16(25-18)19(20,21)22/h2-10,12H,11H2,1H3,(H,23,26)/t12-/m0/s1. The van der Waals surface area contributed by atoms with Gasteiger partial charge in [-0.1, -0.05) is 48.2 Å². The van der Waals surface area contributed by atoms with E-state index in [9.17, 15) is 18.0 Å². The zero-order valence-electron chi connectivity index (χ0n) is 14.7. The summed E-state index contributed by atoms with van der Waals surface area (Å²) >= 11 is 2.41. The van der Waals surface area contributed by atoms with Crippen LogP contribution in [0, 0.1) is 0 Å². The number of alkyl halides is 3. The molecule has 3 aromatic rings. The van der Waals surface area contributed by atoms with E-state index in [1.165, 1.54) is 11.3 Å². The maximum Gasteiger partial charge on any atom is 0.433 e. The second-order valence-corrected chi connectivity index (χ2v) is 8.18. The van der Waals surface area contributed by atoms with E-state index in [0.717, 1.165) is 22.7 Å². The molecule has 1 atom stereocenters. The lowest BCUT2D eigenvalue weighted by Crippen LogP contribution is -2.30. The third kappa shape index (κ3) is 5.32. The first-order valence-electron chi connectivity index (χ1n) is 8.31. The van der Waals surface area contributed by atoms with Crippen LogP contribution < -0.4 is 5.32 Å². The summed E-state index contributed by atoms with van der Waals surface area (Å²) in [5.41, 5.74) is -0.321. The number of hydrogen-bond donors (Lipinski definition) is 1. The van der Waals surface area contributed by atoms with Gasteiger partial charge in [0.2, 0.25) is 5.91 Å². The van der Waals surface area contributed by atoms with Gasteiger partial charge in [-0.25, -0.2) is 9.97 Å². The van der Waals surface area contributed by atoms with Crippen molar-refractivity contribution in [3.8, 4) is 11.3 Å². The number of halogens is 3. The van der Waals surface area contributed by atoms with E-state index < -0.39 is 17.1 Å². The summed E-state index contributed by atoms with van der Waals surface area (Å²) in [5.74, 6) is -0.291. The third-order valence-corrected chi connectivity index (χ3v) is 5.57. The molecular formula is C19H16F3N3OS2. The van der Waals surface area contributed by atoms with Crippen molar-refractivity contribution in [3.05, 3.63) is 64.5 Å². The van der Waals surface area contributed by atoms with Crippen LogP contribution in [0.2, 0.25) is 0 Å². The fraction of sp³-hybridized carbons (Fsp3) is 0.211. The Morgan fingerprint density at radius 1 is 1.18 bits per heavy atom. The molecule has 3 rings (SSSR count). The quantitative estimate of drug-likeness (QED) is 0.447. The molecule has 9 heteroatoms. The normalized spacial score (nSPS) is 12.6. The Labute approximate surface area is 168 Å². The van der Waals surface area contributed by atoms with Crippen LogP contribution >= 0.6 is 23.1 Å². The highest BCUT2D eigenvalue weighted by Crippen LogP contribution is 2.32. The van der Waals surface area contributed by atoms with Gasteiger partial charge in [0.25, 0.3) is 0 Å². The van der Waals surface area contributed by atoms with Crippen molar-refractivity contribution in [1.82, 2.24) is 15.3 Å². The first-order chi connectivity index (χ1) is 13.3. The number of thiophene rings is 1. The summed E-state index contributed by atoms with van der Waals surface area (Å²) in [7, 11) is 0. The van der Waals surface area contributed by atoms with Gasteiger partial charge >= 0.3 is 6.18 Å². The van der Waals surface area contributed by atoms with E-state index in [1.54, 1.807) is 37.3 Å². The molecule has 1 amide bonds. The molecule has 0 aliphatic rings. The Hall–Kier alpha value is -2.39. The second kappa shape index (κ2) is 8.74. The minimum Gasteiger partial charge on any atom is -0.350 e. The molecule has 146 valence electrons. The van der Waals surface area contributed by atoms with Crippen LogP contribution in [0.25, 0.3) is 11.3 Å². The number of carbonyl (C=O) groups is 1. The Morgan fingerprint density at radius 3 is 2.57 bits per heavy atom. The molecule has 0 fully saturated rings. The number of benzene rings is 1. The summed E-state index contributed by atoms with van der Waals surface area (Å²) in [6.07, 6.45) is -4.60. The van der Waals surface area contributed by atoms with E-state index in [4.69, 9.17) is 0 Å². The van der Waals surface area contributed by atoms with Crippen molar-refractivity contribution in [1.29, 1.82) is 0 Å². The predicted molar refractivity (Wildman–Crippen MR) is 104 cm³/mol. The van der Waals surface area contributed by atoms with Crippen LogP contribution in [0.3, 0.4) is 0 Å². The van der Waals surface area contributed by atoms with E-state index >= 15 is 0 Å². The largest absolute Gasteiger partial charge is 0.433 e. The Morgan fingerprint density at radius 2 is 1.93 bits per heavy atom. The van der Waals surface area contributed by atoms with Crippen LogP contribution in [0.4, 0.5) is 13.2 Å². The number of hydrogen-bond acceptors (Lipinski definition) is 5. The summed E-state index contributed by atoms with van der Waals surface area (Å²) in [6, 6.07) is 13.3. The first-order valence-corrected chi connectivity index (χ1v) is 10.1. The average Bonchev–Trinajstić information content (AvgIpc) is 3.19. The maximum absolute atomic E-state index is 13.3. The van der Waals surface area contributed by atoms with Crippen LogP contribution in [0.5, 0.6) is 0 Å². The van der Waals surface area contributed by atoms with Crippen molar-refractivity contribution in [3.63, 3.8) is 0 Å². The van der Waals surface area contributed by atoms with Crippen molar-refractivity contribution in [2.75, 3.05) is 0 Å². The molecule has 2 heterocycles. The van der Waals surface area contributed by atoms with Crippen molar-refractivity contribution in [2.24, 2.45) is 0 Å². The fourth-order valence-corrected chi connectivity index (χ4v) is 3.78. The molecule has 0 bridgehead atoms. The minimum absolute atomic E-state index is 0.0903. The summed E-state index contributed by atoms with van der Waals surface area (Å²) in [5, 5.41) is 3.94. The molecular weight excluding hydrogens is 407 g/mol. The van der Waals surface area contributed by atoms with Gasteiger partial charge in [-0.05, 0) is 24.4 Å². The highest BCUT2D eigenvalue weighted by Gasteiger charge is 2.34. The maximum atomic E-state index is 13.3. The predicted octanol–water partition coefficient (Wildman–Crippen LogP) is 5.02. The molecule has 0 radical (unpaired) electrons.